The minimum absolute atomic E-state index is 0.719. The van der Waals surface area contributed by atoms with Crippen LogP contribution in [-0.4, -0.2) is 13.3 Å². The second-order valence-electron chi connectivity index (χ2n) is 14.7. The summed E-state index contributed by atoms with van der Waals surface area (Å²) in [7, 11) is -1.67. The SMILES string of the molecule is CC1=C(c2ccccc2)[C@@H]2CC(C(C)C)[C@@H]([Si](C)(C)C3C(C)C[C@H]4C(c5ccccc5)=C5CCCC5=CC34)C2S1. The van der Waals surface area contributed by atoms with Crippen molar-refractivity contribution in [1.29, 1.82) is 0 Å². The number of rotatable bonds is 5. The Morgan fingerprint density at radius 2 is 1.45 bits per heavy atom. The van der Waals surface area contributed by atoms with Crippen LogP contribution in [0.4, 0.5) is 0 Å². The van der Waals surface area contributed by atoms with E-state index in [1.165, 1.54) is 43.2 Å². The molecule has 0 nitrogen and oxygen atoms in total. The summed E-state index contributed by atoms with van der Waals surface area (Å²) in [6.45, 7) is 15.9. The maximum Gasteiger partial charge on any atom is 0.0559 e. The highest BCUT2D eigenvalue weighted by molar-refractivity contribution is 8.04. The van der Waals surface area contributed by atoms with Gasteiger partial charge in [0.15, 0.2) is 0 Å². The zero-order chi connectivity index (χ0) is 27.8. The van der Waals surface area contributed by atoms with Gasteiger partial charge in [0, 0.05) is 5.25 Å². The van der Waals surface area contributed by atoms with Crippen molar-refractivity contribution in [3.8, 4) is 0 Å². The quantitative estimate of drug-likeness (QED) is 0.325. The fraction of sp³-hybridized carbons (Fsp3) is 0.526. The summed E-state index contributed by atoms with van der Waals surface area (Å²) < 4.78 is 0. The highest BCUT2D eigenvalue weighted by atomic mass is 32.2. The lowest BCUT2D eigenvalue weighted by atomic mass is 9.76. The molecule has 0 spiro atoms. The van der Waals surface area contributed by atoms with Crippen LogP contribution < -0.4 is 0 Å². The van der Waals surface area contributed by atoms with Crippen LogP contribution in [0.2, 0.25) is 24.2 Å². The van der Waals surface area contributed by atoms with Gasteiger partial charge in [-0.1, -0.05) is 101 Å². The Morgan fingerprint density at radius 3 is 2.10 bits per heavy atom. The molecule has 1 aliphatic heterocycles. The summed E-state index contributed by atoms with van der Waals surface area (Å²) in [4.78, 5) is 1.61. The van der Waals surface area contributed by atoms with Crippen LogP contribution in [-0.2, 0) is 0 Å². The lowest BCUT2D eigenvalue weighted by Crippen LogP contribution is -2.47. The monoisotopic (exact) mass is 564 g/mol. The van der Waals surface area contributed by atoms with Crippen molar-refractivity contribution in [2.75, 3.05) is 0 Å². The van der Waals surface area contributed by atoms with Gasteiger partial charge >= 0.3 is 0 Å². The van der Waals surface area contributed by atoms with E-state index in [1.807, 2.05) is 0 Å². The van der Waals surface area contributed by atoms with Crippen molar-refractivity contribution in [3.05, 3.63) is 93.9 Å². The molecule has 3 fully saturated rings. The summed E-state index contributed by atoms with van der Waals surface area (Å²) in [5.41, 5.74) is 11.7. The molecule has 2 aromatic rings. The Morgan fingerprint density at radius 1 is 0.800 bits per heavy atom. The lowest BCUT2D eigenvalue weighted by molar-refractivity contribution is 0.378. The first-order valence-corrected chi connectivity index (χ1v) is 20.2. The molecule has 4 aliphatic carbocycles. The Hall–Kier alpha value is -1.77. The fourth-order valence-electron chi connectivity index (χ4n) is 10.8. The highest BCUT2D eigenvalue weighted by Crippen LogP contribution is 2.69. The molecule has 7 rings (SSSR count). The molecule has 5 aliphatic rings. The van der Waals surface area contributed by atoms with Crippen LogP contribution in [0.1, 0.15) is 70.9 Å². The summed E-state index contributed by atoms with van der Waals surface area (Å²) in [6, 6.07) is 22.9. The number of benzene rings is 2. The van der Waals surface area contributed by atoms with Gasteiger partial charge in [-0.3, -0.25) is 0 Å². The molecule has 2 heteroatoms. The molecule has 0 bridgehead atoms. The number of allylic oxidation sites excluding steroid dienone is 6. The first-order chi connectivity index (χ1) is 19.3. The molecule has 0 N–H and O–H groups in total. The second-order valence-corrected chi connectivity index (χ2v) is 21.1. The molecule has 8 atom stereocenters. The molecule has 3 saturated carbocycles. The van der Waals surface area contributed by atoms with E-state index in [0.717, 1.165) is 51.8 Å². The Bertz CT molecular complexity index is 1360. The Balaban J connectivity index is 1.27. The average molecular weight is 565 g/mol. The third-order valence-electron chi connectivity index (χ3n) is 12.0. The van der Waals surface area contributed by atoms with Crippen LogP contribution in [0.25, 0.3) is 11.1 Å². The van der Waals surface area contributed by atoms with Gasteiger partial charge in [0.2, 0.25) is 0 Å². The summed E-state index contributed by atoms with van der Waals surface area (Å²) in [5, 5.41) is 0.776. The molecule has 40 heavy (non-hydrogen) atoms. The number of hydrogen-bond acceptors (Lipinski definition) is 1. The van der Waals surface area contributed by atoms with E-state index in [2.05, 4.69) is 119 Å². The van der Waals surface area contributed by atoms with Gasteiger partial charge in [-0.15, -0.1) is 11.8 Å². The molecule has 0 radical (unpaired) electrons. The maximum absolute atomic E-state index is 2.86. The largest absolute Gasteiger partial charge is 0.127 e. The average Bonchev–Trinajstić information content (AvgIpc) is 3.69. The van der Waals surface area contributed by atoms with Crippen molar-refractivity contribution in [2.45, 2.75) is 89.2 Å². The van der Waals surface area contributed by atoms with Crippen LogP contribution >= 0.6 is 11.8 Å². The lowest BCUT2D eigenvalue weighted by Gasteiger charge is -2.47. The molecule has 2 aromatic carbocycles. The normalized spacial score (nSPS) is 35.3. The van der Waals surface area contributed by atoms with Crippen LogP contribution in [0.5, 0.6) is 0 Å². The summed E-state index contributed by atoms with van der Waals surface area (Å²) in [5.74, 6) is 4.62. The van der Waals surface area contributed by atoms with Crippen molar-refractivity contribution in [1.82, 2.24) is 0 Å². The van der Waals surface area contributed by atoms with E-state index in [4.69, 9.17) is 0 Å². The summed E-state index contributed by atoms with van der Waals surface area (Å²) in [6.07, 6.45) is 9.60. The standard InChI is InChI=1S/C38H48SSi/c1-23(2)30-22-33-34(26-14-9-7-10-15-26)25(4)39-36(33)38(30)40(5,6)37-24(3)20-31-32(37)21-28-18-13-19-29(28)35(31)27-16-11-8-12-17-27/h7-12,14-17,21,23-24,30-33,36-38H,13,18-20,22H2,1-6H3/t24?,30?,31-,32?,33+,36?,37?,38-/m1/s1. The van der Waals surface area contributed by atoms with E-state index in [1.54, 1.807) is 27.2 Å². The maximum atomic E-state index is 2.86. The second kappa shape index (κ2) is 10.2. The Labute approximate surface area is 248 Å². The predicted octanol–water partition coefficient (Wildman–Crippen LogP) is 11.1. The predicted molar refractivity (Wildman–Crippen MR) is 178 cm³/mol. The molecule has 5 unspecified atom stereocenters. The third kappa shape index (κ3) is 4.14. The van der Waals surface area contributed by atoms with E-state index in [0.29, 0.717) is 0 Å². The molecule has 210 valence electrons. The van der Waals surface area contributed by atoms with Gasteiger partial charge in [0.05, 0.1) is 8.07 Å². The van der Waals surface area contributed by atoms with Gasteiger partial charge in [0.1, 0.15) is 0 Å². The van der Waals surface area contributed by atoms with E-state index in [-0.39, 0.29) is 0 Å². The van der Waals surface area contributed by atoms with E-state index >= 15 is 0 Å². The number of fused-ring (bicyclic) bond motifs is 3. The van der Waals surface area contributed by atoms with Gasteiger partial charge in [-0.25, -0.2) is 0 Å². The zero-order valence-corrected chi connectivity index (χ0v) is 27.3. The van der Waals surface area contributed by atoms with E-state index < -0.39 is 8.07 Å². The molecular weight excluding hydrogens is 517 g/mol. The number of thioether (sulfide) groups is 1. The topological polar surface area (TPSA) is 0 Å². The van der Waals surface area contributed by atoms with Crippen LogP contribution in [0, 0.1) is 35.5 Å². The minimum Gasteiger partial charge on any atom is -0.127 e. The van der Waals surface area contributed by atoms with Gasteiger partial charge in [-0.2, -0.15) is 0 Å². The zero-order valence-electron chi connectivity index (χ0n) is 25.5. The molecule has 0 saturated heterocycles. The molecule has 1 heterocycles. The highest BCUT2D eigenvalue weighted by Gasteiger charge is 2.61. The fourth-order valence-corrected chi connectivity index (χ4v) is 19.7. The Kier molecular flexibility index (Phi) is 6.90. The van der Waals surface area contributed by atoms with Crippen LogP contribution in [0.3, 0.4) is 0 Å². The van der Waals surface area contributed by atoms with Crippen molar-refractivity contribution < 1.29 is 0 Å². The first kappa shape index (κ1) is 27.1. The third-order valence-corrected chi connectivity index (χ3v) is 18.9. The number of hydrogen-bond donors (Lipinski definition) is 0. The first-order valence-electron chi connectivity index (χ1n) is 16.2. The van der Waals surface area contributed by atoms with Gasteiger partial charge in [0.25, 0.3) is 0 Å². The van der Waals surface area contributed by atoms with Crippen molar-refractivity contribution in [3.63, 3.8) is 0 Å². The molecule has 0 amide bonds. The molecular formula is C38H48SSi. The smallest absolute Gasteiger partial charge is 0.0559 e. The van der Waals surface area contributed by atoms with E-state index in [9.17, 15) is 0 Å². The van der Waals surface area contributed by atoms with Crippen molar-refractivity contribution in [2.24, 2.45) is 35.5 Å². The summed E-state index contributed by atoms with van der Waals surface area (Å²) >= 11 is 2.29. The minimum atomic E-state index is -1.67. The van der Waals surface area contributed by atoms with Crippen molar-refractivity contribution >= 4 is 31.0 Å². The molecule has 0 aromatic heterocycles. The van der Waals surface area contributed by atoms with Crippen LogP contribution in [0.15, 0.2) is 82.8 Å². The van der Waals surface area contributed by atoms with Gasteiger partial charge < -0.3 is 0 Å². The van der Waals surface area contributed by atoms with Gasteiger partial charge in [-0.05, 0) is 124 Å².